The second-order valence-electron chi connectivity index (χ2n) is 6.44. The molecule has 0 spiro atoms. The Hall–Kier alpha value is -1.82. The average Bonchev–Trinajstić information content (AvgIpc) is 3.34. The van der Waals surface area contributed by atoms with Crippen LogP contribution in [0.2, 0.25) is 0 Å². The summed E-state index contributed by atoms with van der Waals surface area (Å²) < 4.78 is 0. The molecule has 4 rings (SSSR count). The molecular formula is C20H20N2OS2. The number of ketones is 1. The van der Waals surface area contributed by atoms with Crippen molar-refractivity contribution in [3.8, 4) is 10.6 Å². The predicted octanol–water partition coefficient (Wildman–Crippen LogP) is 4.97. The summed E-state index contributed by atoms with van der Waals surface area (Å²) >= 11 is 3.42. The summed E-state index contributed by atoms with van der Waals surface area (Å²) in [6, 6.07) is 11.8. The number of hydrogen-bond acceptors (Lipinski definition) is 5. The topological polar surface area (TPSA) is 33.2 Å². The molecule has 3 nitrogen and oxygen atoms in total. The lowest BCUT2D eigenvalue weighted by Gasteiger charge is -2.30. The van der Waals surface area contributed by atoms with Crippen LogP contribution in [0.5, 0.6) is 0 Å². The van der Waals surface area contributed by atoms with Gasteiger partial charge < -0.3 is 0 Å². The molecule has 5 heteroatoms. The number of likely N-dealkylation sites (tertiary alicyclic amines) is 1. The number of rotatable bonds is 5. The average molecular weight is 369 g/mol. The highest BCUT2D eigenvalue weighted by Gasteiger charge is 2.26. The van der Waals surface area contributed by atoms with E-state index in [4.69, 9.17) is 4.98 Å². The van der Waals surface area contributed by atoms with Crippen LogP contribution >= 0.6 is 22.7 Å². The molecule has 0 N–H and O–H groups in total. The van der Waals surface area contributed by atoms with Crippen LogP contribution in [0.15, 0.2) is 52.5 Å². The zero-order valence-electron chi connectivity index (χ0n) is 13.9. The van der Waals surface area contributed by atoms with E-state index in [9.17, 15) is 4.79 Å². The zero-order chi connectivity index (χ0) is 17.1. The highest BCUT2D eigenvalue weighted by molar-refractivity contribution is 7.14. The van der Waals surface area contributed by atoms with Gasteiger partial charge in [-0.05, 0) is 37.4 Å². The number of thiazole rings is 1. The van der Waals surface area contributed by atoms with Gasteiger partial charge in [0.1, 0.15) is 5.01 Å². The molecule has 1 aliphatic rings. The Bertz CT molecular complexity index is 819. The SMILES string of the molecule is O=C(c1ccccc1)C1CCN(Cc2csc(-c3ccsc3)n2)CC1. The Morgan fingerprint density at radius 3 is 2.64 bits per heavy atom. The Kier molecular flexibility index (Phi) is 5.06. The third-order valence-corrected chi connectivity index (χ3v) is 6.35. The third-order valence-electron chi connectivity index (χ3n) is 4.72. The molecule has 25 heavy (non-hydrogen) atoms. The van der Waals surface area contributed by atoms with Crippen LogP contribution in [0.4, 0.5) is 0 Å². The molecule has 0 amide bonds. The minimum Gasteiger partial charge on any atom is -0.297 e. The quantitative estimate of drug-likeness (QED) is 0.596. The molecule has 1 aliphatic heterocycles. The molecule has 0 radical (unpaired) electrons. The summed E-state index contributed by atoms with van der Waals surface area (Å²) in [6.45, 7) is 2.82. The van der Waals surface area contributed by atoms with Gasteiger partial charge in [0, 0.05) is 34.3 Å². The fourth-order valence-corrected chi connectivity index (χ4v) is 4.84. The number of piperidine rings is 1. The fraction of sp³-hybridized carbons (Fsp3) is 0.300. The van der Waals surface area contributed by atoms with E-state index in [-0.39, 0.29) is 5.92 Å². The van der Waals surface area contributed by atoms with Gasteiger partial charge in [0.05, 0.1) is 5.69 Å². The molecule has 0 saturated carbocycles. The highest BCUT2D eigenvalue weighted by atomic mass is 32.1. The lowest BCUT2D eigenvalue weighted by Crippen LogP contribution is -2.36. The minimum atomic E-state index is 0.162. The van der Waals surface area contributed by atoms with Gasteiger partial charge in [-0.2, -0.15) is 11.3 Å². The van der Waals surface area contributed by atoms with Crippen molar-refractivity contribution in [2.45, 2.75) is 19.4 Å². The molecule has 128 valence electrons. The van der Waals surface area contributed by atoms with Crippen LogP contribution < -0.4 is 0 Å². The second kappa shape index (κ2) is 7.60. The van der Waals surface area contributed by atoms with E-state index < -0.39 is 0 Å². The van der Waals surface area contributed by atoms with E-state index in [1.165, 1.54) is 5.56 Å². The maximum absolute atomic E-state index is 12.6. The van der Waals surface area contributed by atoms with E-state index in [1.807, 2.05) is 30.3 Å². The predicted molar refractivity (Wildman–Crippen MR) is 104 cm³/mol. The number of Topliss-reactive ketones (excluding diaryl/α,β-unsaturated/α-hetero) is 1. The Balaban J connectivity index is 1.33. The number of benzene rings is 1. The normalized spacial score (nSPS) is 16.2. The summed E-state index contributed by atoms with van der Waals surface area (Å²) in [5, 5.41) is 7.49. The highest BCUT2D eigenvalue weighted by Crippen LogP contribution is 2.27. The molecule has 0 unspecified atom stereocenters. The maximum Gasteiger partial charge on any atom is 0.166 e. The molecule has 3 heterocycles. The van der Waals surface area contributed by atoms with Crippen molar-refractivity contribution >= 4 is 28.5 Å². The van der Waals surface area contributed by atoms with Gasteiger partial charge in [-0.25, -0.2) is 4.98 Å². The molecule has 0 aliphatic carbocycles. The lowest BCUT2D eigenvalue weighted by molar-refractivity contribution is 0.0834. The van der Waals surface area contributed by atoms with Crippen LogP contribution in [0.1, 0.15) is 28.9 Å². The van der Waals surface area contributed by atoms with Crippen LogP contribution in [0.25, 0.3) is 10.6 Å². The molecule has 1 saturated heterocycles. The number of nitrogens with zero attached hydrogens (tertiary/aromatic N) is 2. The van der Waals surface area contributed by atoms with Crippen molar-refractivity contribution in [2.75, 3.05) is 13.1 Å². The largest absolute Gasteiger partial charge is 0.297 e. The molecular weight excluding hydrogens is 348 g/mol. The standard InChI is InChI=1S/C20H20N2OS2/c23-19(15-4-2-1-3-5-15)16-6-9-22(10-7-16)12-18-14-25-20(21-18)17-8-11-24-13-17/h1-5,8,11,13-14,16H,6-7,9-10,12H2. The van der Waals surface area contributed by atoms with Gasteiger partial charge in [-0.1, -0.05) is 30.3 Å². The first-order chi connectivity index (χ1) is 12.3. The number of carbonyl (C=O) groups is 1. The smallest absolute Gasteiger partial charge is 0.166 e. The molecule has 0 bridgehead atoms. The first-order valence-electron chi connectivity index (χ1n) is 8.58. The molecule has 2 aromatic heterocycles. The van der Waals surface area contributed by atoms with Gasteiger partial charge in [0.15, 0.2) is 5.78 Å². The number of carbonyl (C=O) groups excluding carboxylic acids is 1. The Morgan fingerprint density at radius 1 is 1.12 bits per heavy atom. The van der Waals surface area contributed by atoms with Crippen LogP contribution in [-0.4, -0.2) is 28.8 Å². The fourth-order valence-electron chi connectivity index (χ4n) is 3.32. The second-order valence-corrected chi connectivity index (χ2v) is 8.07. The zero-order valence-corrected chi connectivity index (χ0v) is 15.6. The number of thiophene rings is 1. The van der Waals surface area contributed by atoms with E-state index in [2.05, 4.69) is 27.1 Å². The summed E-state index contributed by atoms with van der Waals surface area (Å²) in [5.74, 6) is 0.462. The summed E-state index contributed by atoms with van der Waals surface area (Å²) in [5.41, 5.74) is 3.20. The van der Waals surface area contributed by atoms with Gasteiger partial charge in [-0.15, -0.1) is 11.3 Å². The van der Waals surface area contributed by atoms with Gasteiger partial charge in [-0.3, -0.25) is 9.69 Å². The molecule has 3 aromatic rings. The molecule has 0 atom stereocenters. The van der Waals surface area contributed by atoms with Crippen molar-refractivity contribution in [2.24, 2.45) is 5.92 Å². The van der Waals surface area contributed by atoms with E-state index in [1.54, 1.807) is 22.7 Å². The molecule has 1 aromatic carbocycles. The van der Waals surface area contributed by atoms with Crippen molar-refractivity contribution < 1.29 is 4.79 Å². The van der Waals surface area contributed by atoms with E-state index in [0.29, 0.717) is 5.78 Å². The van der Waals surface area contributed by atoms with Crippen molar-refractivity contribution in [3.05, 3.63) is 63.8 Å². The Morgan fingerprint density at radius 2 is 1.92 bits per heavy atom. The summed E-state index contributed by atoms with van der Waals surface area (Å²) in [6.07, 6.45) is 1.88. The van der Waals surface area contributed by atoms with Crippen molar-refractivity contribution in [3.63, 3.8) is 0 Å². The summed E-state index contributed by atoms with van der Waals surface area (Å²) in [7, 11) is 0. The molecule has 1 fully saturated rings. The van der Waals surface area contributed by atoms with Crippen LogP contribution in [-0.2, 0) is 6.54 Å². The first kappa shape index (κ1) is 16.6. The van der Waals surface area contributed by atoms with Crippen LogP contribution in [0, 0.1) is 5.92 Å². The van der Waals surface area contributed by atoms with Gasteiger partial charge in [0.2, 0.25) is 0 Å². The van der Waals surface area contributed by atoms with Gasteiger partial charge in [0.25, 0.3) is 0 Å². The lowest BCUT2D eigenvalue weighted by atomic mass is 9.89. The Labute approximate surface area is 156 Å². The van der Waals surface area contributed by atoms with Gasteiger partial charge >= 0.3 is 0 Å². The first-order valence-corrected chi connectivity index (χ1v) is 10.4. The number of hydrogen-bond donors (Lipinski definition) is 0. The van der Waals surface area contributed by atoms with Crippen molar-refractivity contribution in [1.29, 1.82) is 0 Å². The minimum absolute atomic E-state index is 0.162. The van der Waals surface area contributed by atoms with E-state index in [0.717, 1.165) is 48.7 Å². The third kappa shape index (κ3) is 3.89. The van der Waals surface area contributed by atoms with Crippen LogP contribution in [0.3, 0.4) is 0 Å². The summed E-state index contributed by atoms with van der Waals surface area (Å²) in [4.78, 5) is 19.8. The monoisotopic (exact) mass is 368 g/mol. The number of aromatic nitrogens is 1. The van der Waals surface area contributed by atoms with E-state index >= 15 is 0 Å². The van der Waals surface area contributed by atoms with Crippen molar-refractivity contribution in [1.82, 2.24) is 9.88 Å². The maximum atomic E-state index is 12.6.